The summed E-state index contributed by atoms with van der Waals surface area (Å²) < 4.78 is 0. The molecule has 0 amide bonds. The van der Waals surface area contributed by atoms with Crippen molar-refractivity contribution in [3.63, 3.8) is 0 Å². The van der Waals surface area contributed by atoms with E-state index in [9.17, 15) is 9.90 Å². The fourth-order valence-electron chi connectivity index (χ4n) is 1.67. The van der Waals surface area contributed by atoms with E-state index in [2.05, 4.69) is 10.1 Å². The first-order valence-electron chi connectivity index (χ1n) is 6.21. The molecule has 0 aliphatic carbocycles. The Kier molecular flexibility index (Phi) is 4.50. The third-order valence-corrected chi connectivity index (χ3v) is 2.76. The van der Waals surface area contributed by atoms with E-state index in [0.717, 1.165) is 5.56 Å². The number of rotatable bonds is 5. The Morgan fingerprint density at radius 1 is 1.29 bits per heavy atom. The lowest BCUT2D eigenvalue weighted by atomic mass is 10.1. The summed E-state index contributed by atoms with van der Waals surface area (Å²) in [6, 6.07) is 9.46. The van der Waals surface area contributed by atoms with Crippen LogP contribution in [0.15, 0.2) is 47.8 Å². The van der Waals surface area contributed by atoms with Gasteiger partial charge in [0.25, 0.3) is 0 Å². The van der Waals surface area contributed by atoms with E-state index >= 15 is 0 Å². The third-order valence-electron chi connectivity index (χ3n) is 2.76. The quantitative estimate of drug-likeness (QED) is 0.650. The first kappa shape index (κ1) is 14.5. The summed E-state index contributed by atoms with van der Waals surface area (Å²) >= 11 is 0. The van der Waals surface area contributed by atoms with Gasteiger partial charge in [0, 0.05) is 6.20 Å². The molecule has 1 aromatic carbocycles. The number of aromatic nitrogens is 1. The zero-order valence-electron chi connectivity index (χ0n) is 11.4. The van der Waals surface area contributed by atoms with Crippen LogP contribution < -0.4 is 0 Å². The number of aromatic carboxylic acids is 1. The predicted molar refractivity (Wildman–Crippen MR) is 76.3 cm³/mol. The number of carboxylic acids is 1. The molecule has 0 radical (unpaired) electrons. The molecule has 0 aliphatic rings. The van der Waals surface area contributed by atoms with Crippen molar-refractivity contribution in [2.75, 3.05) is 0 Å². The van der Waals surface area contributed by atoms with Gasteiger partial charge in [-0.1, -0.05) is 17.3 Å². The van der Waals surface area contributed by atoms with Crippen molar-refractivity contribution in [1.82, 2.24) is 4.98 Å². The largest absolute Gasteiger partial charge is 0.506 e. The predicted octanol–water partition coefficient (Wildman–Crippen LogP) is 2.43. The molecule has 108 valence electrons. The molecule has 0 saturated heterocycles. The first-order chi connectivity index (χ1) is 10.1. The van der Waals surface area contributed by atoms with Gasteiger partial charge in [0.1, 0.15) is 23.8 Å². The number of carbonyl (C=O) groups is 1. The molecule has 6 nitrogen and oxygen atoms in total. The van der Waals surface area contributed by atoms with E-state index in [1.165, 1.54) is 18.2 Å². The molecule has 1 heterocycles. The molecule has 0 spiro atoms. The van der Waals surface area contributed by atoms with Crippen LogP contribution in [0.1, 0.15) is 28.5 Å². The molecule has 2 N–H and O–H groups in total. The van der Waals surface area contributed by atoms with Crippen LogP contribution in [-0.4, -0.2) is 26.9 Å². The minimum absolute atomic E-state index is 0.0353. The van der Waals surface area contributed by atoms with Gasteiger partial charge in [-0.05, 0) is 36.8 Å². The maximum Gasteiger partial charge on any atom is 0.335 e. The number of pyridine rings is 1. The molecule has 2 aromatic rings. The van der Waals surface area contributed by atoms with Crippen LogP contribution in [0.3, 0.4) is 0 Å². The summed E-state index contributed by atoms with van der Waals surface area (Å²) in [6.07, 6.45) is 1.55. The minimum Gasteiger partial charge on any atom is -0.506 e. The Balaban J connectivity index is 1.98. The van der Waals surface area contributed by atoms with Gasteiger partial charge in [0.2, 0.25) is 0 Å². The van der Waals surface area contributed by atoms with Gasteiger partial charge in [-0.2, -0.15) is 0 Å². The fraction of sp³-hybridized carbons (Fsp3) is 0.133. The van der Waals surface area contributed by atoms with E-state index in [-0.39, 0.29) is 17.9 Å². The fourth-order valence-corrected chi connectivity index (χ4v) is 1.67. The summed E-state index contributed by atoms with van der Waals surface area (Å²) in [7, 11) is 0. The van der Waals surface area contributed by atoms with E-state index in [1.54, 1.807) is 31.3 Å². The first-order valence-corrected chi connectivity index (χ1v) is 6.21. The summed E-state index contributed by atoms with van der Waals surface area (Å²) in [5.41, 5.74) is 1.83. The molecule has 1 aromatic heterocycles. The molecule has 0 saturated carbocycles. The van der Waals surface area contributed by atoms with Crippen LogP contribution in [0.25, 0.3) is 0 Å². The summed E-state index contributed by atoms with van der Waals surface area (Å²) in [5.74, 6) is -0.935. The number of aromatic hydroxyl groups is 1. The Hall–Kier alpha value is -2.89. The van der Waals surface area contributed by atoms with Crippen LogP contribution in [0.2, 0.25) is 0 Å². The number of nitrogens with zero attached hydrogens (tertiary/aromatic N) is 2. The third kappa shape index (κ3) is 3.79. The second-order valence-corrected chi connectivity index (χ2v) is 4.32. The standard InChI is InChI=1S/C15H14N2O4/c1-10(14-13(18)3-2-8-16-14)17-21-9-11-4-6-12(7-5-11)15(19)20/h2-8,18H,9H2,1H3,(H,19,20). The maximum absolute atomic E-state index is 10.7. The zero-order valence-corrected chi connectivity index (χ0v) is 11.4. The SMILES string of the molecule is CC(=NOCc1ccc(C(=O)O)cc1)c1ncccc1O. The van der Waals surface area contributed by atoms with E-state index in [1.807, 2.05) is 0 Å². The van der Waals surface area contributed by atoms with Crippen molar-refractivity contribution in [2.45, 2.75) is 13.5 Å². The minimum atomic E-state index is -0.970. The Labute approximate surface area is 121 Å². The monoisotopic (exact) mass is 286 g/mol. The zero-order chi connectivity index (χ0) is 15.2. The van der Waals surface area contributed by atoms with Gasteiger partial charge in [-0.25, -0.2) is 4.79 Å². The molecular formula is C15H14N2O4. The lowest BCUT2D eigenvalue weighted by Crippen LogP contribution is -2.00. The van der Waals surface area contributed by atoms with Gasteiger partial charge < -0.3 is 15.1 Å². The van der Waals surface area contributed by atoms with Crippen LogP contribution in [0, 0.1) is 0 Å². The van der Waals surface area contributed by atoms with Crippen molar-refractivity contribution in [2.24, 2.45) is 5.16 Å². The number of hydrogen-bond donors (Lipinski definition) is 2. The van der Waals surface area contributed by atoms with Crippen LogP contribution in [0.4, 0.5) is 0 Å². The lowest BCUT2D eigenvalue weighted by Gasteiger charge is -2.04. The van der Waals surface area contributed by atoms with Gasteiger partial charge in [0.15, 0.2) is 0 Å². The lowest BCUT2D eigenvalue weighted by molar-refractivity contribution is 0.0696. The molecule has 0 fully saturated rings. The average molecular weight is 286 g/mol. The number of oxime groups is 1. The molecular weight excluding hydrogens is 272 g/mol. The van der Waals surface area contributed by atoms with Gasteiger partial charge in [-0.15, -0.1) is 0 Å². The van der Waals surface area contributed by atoms with Crippen molar-refractivity contribution < 1.29 is 19.8 Å². The molecule has 6 heteroatoms. The smallest absolute Gasteiger partial charge is 0.335 e. The van der Waals surface area contributed by atoms with E-state index in [0.29, 0.717) is 11.4 Å². The maximum atomic E-state index is 10.7. The number of benzene rings is 1. The van der Waals surface area contributed by atoms with Crippen LogP contribution >= 0.6 is 0 Å². The Morgan fingerprint density at radius 2 is 2.00 bits per heavy atom. The van der Waals surface area contributed by atoms with E-state index < -0.39 is 5.97 Å². The highest BCUT2D eigenvalue weighted by atomic mass is 16.6. The Morgan fingerprint density at radius 3 is 2.62 bits per heavy atom. The van der Waals surface area contributed by atoms with Crippen molar-refractivity contribution in [3.05, 3.63) is 59.4 Å². The van der Waals surface area contributed by atoms with E-state index in [4.69, 9.17) is 9.94 Å². The van der Waals surface area contributed by atoms with Gasteiger partial charge in [0.05, 0.1) is 5.56 Å². The van der Waals surface area contributed by atoms with Crippen LogP contribution in [-0.2, 0) is 11.4 Å². The topological polar surface area (TPSA) is 92.0 Å². The summed E-state index contributed by atoms with van der Waals surface area (Å²) in [4.78, 5) is 19.9. The number of carboxylic acid groups (broad SMARTS) is 1. The molecule has 0 bridgehead atoms. The summed E-state index contributed by atoms with van der Waals surface area (Å²) in [6.45, 7) is 1.88. The average Bonchev–Trinajstić information content (AvgIpc) is 2.48. The molecule has 21 heavy (non-hydrogen) atoms. The Bertz CT molecular complexity index is 666. The number of hydrogen-bond acceptors (Lipinski definition) is 5. The second-order valence-electron chi connectivity index (χ2n) is 4.32. The highest BCUT2D eigenvalue weighted by molar-refractivity contribution is 5.98. The normalized spacial score (nSPS) is 11.2. The van der Waals surface area contributed by atoms with Crippen LogP contribution in [0.5, 0.6) is 5.75 Å². The highest BCUT2D eigenvalue weighted by Crippen LogP contribution is 2.14. The summed E-state index contributed by atoms with van der Waals surface area (Å²) in [5, 5.41) is 22.3. The van der Waals surface area contributed by atoms with Gasteiger partial charge >= 0.3 is 5.97 Å². The van der Waals surface area contributed by atoms with Gasteiger partial charge in [-0.3, -0.25) is 4.98 Å². The molecule has 2 rings (SSSR count). The molecule has 0 unspecified atom stereocenters. The highest BCUT2D eigenvalue weighted by Gasteiger charge is 2.06. The van der Waals surface area contributed by atoms with Crippen molar-refractivity contribution in [3.8, 4) is 5.75 Å². The molecule has 0 atom stereocenters. The van der Waals surface area contributed by atoms with Crippen molar-refractivity contribution in [1.29, 1.82) is 0 Å². The molecule has 0 aliphatic heterocycles. The second kappa shape index (κ2) is 6.51. The van der Waals surface area contributed by atoms with Crippen molar-refractivity contribution >= 4 is 11.7 Å².